The fraction of sp³-hybridized carbons (Fsp3) is 0.296. The third-order valence-corrected chi connectivity index (χ3v) is 6.74. The van der Waals surface area contributed by atoms with Crippen molar-refractivity contribution in [2.45, 2.75) is 32.9 Å². The van der Waals surface area contributed by atoms with Crippen LogP contribution >= 0.6 is 11.6 Å². The smallest absolute Gasteiger partial charge is 0.225 e. The summed E-state index contributed by atoms with van der Waals surface area (Å²) in [4.78, 5) is 17.3. The van der Waals surface area contributed by atoms with Crippen molar-refractivity contribution < 1.29 is 23.0 Å². The molecule has 0 saturated carbocycles. The summed E-state index contributed by atoms with van der Waals surface area (Å²) in [6.45, 7) is 4.54. The second kappa shape index (κ2) is 10.4. The maximum Gasteiger partial charge on any atom is 0.225 e. The summed E-state index contributed by atoms with van der Waals surface area (Å²) in [6.07, 6.45) is 3.08. The fourth-order valence-electron chi connectivity index (χ4n) is 4.53. The molecule has 192 valence electrons. The average Bonchev–Trinajstić information content (AvgIpc) is 3.55. The van der Waals surface area contributed by atoms with Gasteiger partial charge in [0.2, 0.25) is 5.91 Å². The maximum absolute atomic E-state index is 14.3. The number of para-hydroxylation sites is 1. The number of aryl methyl sites for hydroxylation is 1. The fourth-order valence-corrected chi connectivity index (χ4v) is 4.80. The van der Waals surface area contributed by atoms with E-state index in [0.29, 0.717) is 53.4 Å². The zero-order valence-electron chi connectivity index (χ0n) is 20.3. The summed E-state index contributed by atoms with van der Waals surface area (Å²) >= 11 is 6.44. The number of nitrogens with zero attached hydrogens (tertiary/aromatic N) is 3. The lowest BCUT2D eigenvalue weighted by atomic mass is 10.00. The zero-order valence-corrected chi connectivity index (χ0v) is 21.1. The molecule has 0 unspecified atom stereocenters. The number of carbonyl (C=O) groups excluding carboxylic acids is 1. The zero-order chi connectivity index (χ0) is 26.1. The topological polar surface area (TPSA) is 78.3 Å². The van der Waals surface area contributed by atoms with Gasteiger partial charge >= 0.3 is 0 Å². The maximum atomic E-state index is 14.3. The molecule has 3 heterocycles. The van der Waals surface area contributed by atoms with Crippen LogP contribution in [0.15, 0.2) is 48.8 Å². The van der Waals surface area contributed by atoms with Gasteiger partial charge in [0, 0.05) is 23.3 Å². The number of benzene rings is 2. The van der Waals surface area contributed by atoms with Crippen molar-refractivity contribution in [3.63, 3.8) is 0 Å². The third kappa shape index (κ3) is 5.28. The lowest BCUT2D eigenvalue weighted by Crippen LogP contribution is -2.33. The van der Waals surface area contributed by atoms with E-state index in [1.165, 1.54) is 23.0 Å². The second-order valence-electron chi connectivity index (χ2n) is 9.07. The molecule has 1 saturated heterocycles. The first-order chi connectivity index (χ1) is 17.8. The molecule has 1 amide bonds. The number of aromatic nitrogens is 3. The number of hydrogen-bond donors (Lipinski definition) is 1. The highest BCUT2D eigenvalue weighted by molar-refractivity contribution is 6.31. The van der Waals surface area contributed by atoms with Crippen LogP contribution in [-0.4, -0.2) is 33.9 Å². The molecule has 4 aromatic rings. The summed E-state index contributed by atoms with van der Waals surface area (Å²) in [5, 5.41) is 7.94. The van der Waals surface area contributed by atoms with Crippen LogP contribution in [0.3, 0.4) is 0 Å². The van der Waals surface area contributed by atoms with Crippen LogP contribution in [0.5, 0.6) is 5.75 Å². The van der Waals surface area contributed by atoms with E-state index in [1.807, 2.05) is 19.1 Å². The van der Waals surface area contributed by atoms with Gasteiger partial charge in [0.15, 0.2) is 5.82 Å². The number of rotatable bonds is 7. The molecule has 2 atom stereocenters. The van der Waals surface area contributed by atoms with Crippen molar-refractivity contribution in [3.05, 3.63) is 82.3 Å². The van der Waals surface area contributed by atoms with Gasteiger partial charge in [0.1, 0.15) is 23.7 Å². The van der Waals surface area contributed by atoms with Crippen LogP contribution < -0.4 is 10.1 Å². The van der Waals surface area contributed by atoms with Crippen molar-refractivity contribution in [2.24, 2.45) is 5.92 Å². The van der Waals surface area contributed by atoms with Gasteiger partial charge in [-0.15, -0.1) is 0 Å². The molecule has 1 fully saturated rings. The molecule has 5 rings (SSSR count). The van der Waals surface area contributed by atoms with E-state index >= 15 is 0 Å². The minimum absolute atomic E-state index is 0.0155. The summed E-state index contributed by atoms with van der Waals surface area (Å²) in [7, 11) is 0. The van der Waals surface area contributed by atoms with Gasteiger partial charge in [-0.3, -0.25) is 4.79 Å². The Hall–Kier alpha value is -3.56. The van der Waals surface area contributed by atoms with Crippen LogP contribution in [0.2, 0.25) is 5.02 Å². The molecule has 2 aromatic carbocycles. The molecule has 0 spiro atoms. The molecule has 0 bridgehead atoms. The van der Waals surface area contributed by atoms with E-state index in [1.54, 1.807) is 19.1 Å². The normalized spacial score (nSPS) is 16.2. The number of pyridine rings is 1. The molecule has 1 aliphatic rings. The molecule has 10 heteroatoms. The van der Waals surface area contributed by atoms with E-state index in [-0.39, 0.29) is 23.5 Å². The highest BCUT2D eigenvalue weighted by Gasteiger charge is 2.26. The lowest BCUT2D eigenvalue weighted by molar-refractivity contribution is -0.125. The Kier molecular flexibility index (Phi) is 7.08. The Bertz CT molecular complexity index is 1470. The highest BCUT2D eigenvalue weighted by atomic mass is 35.5. The Balaban J connectivity index is 1.45. The quantitative estimate of drug-likeness (QED) is 0.346. The molecular formula is C27H25ClF2N4O3. The van der Waals surface area contributed by atoms with E-state index in [0.717, 1.165) is 11.6 Å². The van der Waals surface area contributed by atoms with Gasteiger partial charge in [0.05, 0.1) is 41.7 Å². The average molecular weight is 527 g/mol. The monoisotopic (exact) mass is 526 g/mol. The number of halogens is 3. The van der Waals surface area contributed by atoms with Gasteiger partial charge in [0.25, 0.3) is 0 Å². The summed E-state index contributed by atoms with van der Waals surface area (Å²) in [6, 6.07) is 9.31. The third-order valence-electron chi connectivity index (χ3n) is 6.40. The van der Waals surface area contributed by atoms with Crippen LogP contribution in [-0.2, 0) is 16.1 Å². The van der Waals surface area contributed by atoms with Crippen LogP contribution in [0, 0.1) is 24.5 Å². The minimum Gasteiger partial charge on any atom is -0.487 e. The Labute approximate surface area is 217 Å². The first kappa shape index (κ1) is 25.1. The van der Waals surface area contributed by atoms with Crippen molar-refractivity contribution >= 4 is 28.4 Å². The second-order valence-corrected chi connectivity index (χ2v) is 9.48. The predicted octanol–water partition coefficient (Wildman–Crippen LogP) is 5.45. The van der Waals surface area contributed by atoms with Gasteiger partial charge in [-0.2, -0.15) is 5.10 Å². The molecular weight excluding hydrogens is 502 g/mol. The van der Waals surface area contributed by atoms with Crippen molar-refractivity contribution in [1.29, 1.82) is 0 Å². The number of nitrogens with one attached hydrogen (secondary N) is 1. The van der Waals surface area contributed by atoms with E-state index in [2.05, 4.69) is 15.4 Å². The van der Waals surface area contributed by atoms with E-state index in [9.17, 15) is 13.6 Å². The first-order valence-electron chi connectivity index (χ1n) is 11.9. The number of carbonyl (C=O) groups is 1. The minimum atomic E-state index is -0.507. The van der Waals surface area contributed by atoms with E-state index < -0.39 is 17.7 Å². The number of fused-ring (bicyclic) bond motifs is 1. The van der Waals surface area contributed by atoms with Crippen molar-refractivity contribution in [3.8, 4) is 11.4 Å². The number of ether oxygens (including phenoxy) is 2. The molecule has 0 aliphatic carbocycles. The van der Waals surface area contributed by atoms with Crippen molar-refractivity contribution in [1.82, 2.24) is 20.1 Å². The SMILES string of the molecule is Cc1cc(-n2cc(F)cn2)c2cccc(OCc3c(Cl)cc(F)cc3[C@H](C)NC(=O)[C@H]3CCOC3)c2n1. The summed E-state index contributed by atoms with van der Waals surface area (Å²) in [5.74, 6) is -0.855. The molecule has 37 heavy (non-hydrogen) atoms. The van der Waals surface area contributed by atoms with Gasteiger partial charge in [-0.1, -0.05) is 23.7 Å². The van der Waals surface area contributed by atoms with Gasteiger partial charge < -0.3 is 14.8 Å². The first-order valence-corrected chi connectivity index (χ1v) is 12.3. The Morgan fingerprint density at radius 3 is 2.86 bits per heavy atom. The van der Waals surface area contributed by atoms with Crippen LogP contribution in [0.4, 0.5) is 8.78 Å². The van der Waals surface area contributed by atoms with Gasteiger partial charge in [-0.25, -0.2) is 18.4 Å². The largest absolute Gasteiger partial charge is 0.487 e. The van der Waals surface area contributed by atoms with Crippen LogP contribution in [0.25, 0.3) is 16.6 Å². The Morgan fingerprint density at radius 2 is 2.14 bits per heavy atom. The molecule has 1 aliphatic heterocycles. The van der Waals surface area contributed by atoms with E-state index in [4.69, 9.17) is 21.1 Å². The van der Waals surface area contributed by atoms with Gasteiger partial charge in [-0.05, 0) is 50.1 Å². The van der Waals surface area contributed by atoms with Crippen LogP contribution in [0.1, 0.15) is 36.2 Å². The number of hydrogen-bond acceptors (Lipinski definition) is 5. The summed E-state index contributed by atoms with van der Waals surface area (Å²) in [5.41, 5.74) is 2.99. The number of amides is 1. The lowest BCUT2D eigenvalue weighted by Gasteiger charge is -2.21. The summed E-state index contributed by atoms with van der Waals surface area (Å²) < 4.78 is 40.9. The standard InChI is InChI=1S/C27H25ClF2N4O3/c1-15-8-24(34-12-19(30)11-31-34)20-4-3-5-25(26(20)32-15)37-14-22-21(9-18(29)10-23(22)28)16(2)33-27(35)17-6-7-36-13-17/h3-5,8-12,16-17H,6-7,13-14H2,1-2H3,(H,33,35)/t16-,17-/m0/s1. The molecule has 0 radical (unpaired) electrons. The Morgan fingerprint density at radius 1 is 1.30 bits per heavy atom. The highest BCUT2D eigenvalue weighted by Crippen LogP contribution is 2.32. The molecule has 2 aromatic heterocycles. The predicted molar refractivity (Wildman–Crippen MR) is 135 cm³/mol. The molecule has 7 nitrogen and oxygen atoms in total. The molecule has 1 N–H and O–H groups in total. The van der Waals surface area contributed by atoms with Crippen molar-refractivity contribution in [2.75, 3.05) is 13.2 Å².